The molecule has 1 aromatic carbocycles. The Kier molecular flexibility index (Phi) is 6.49. The van der Waals surface area contributed by atoms with Gasteiger partial charge in [0.2, 0.25) is 0 Å². The Labute approximate surface area is 128 Å². The second-order valence-electron chi connectivity index (χ2n) is 5.74. The van der Waals surface area contributed by atoms with Crippen LogP contribution in [0.2, 0.25) is 0 Å². The molecule has 0 heterocycles. The molecule has 0 bridgehead atoms. The van der Waals surface area contributed by atoms with Gasteiger partial charge in [-0.2, -0.15) is 0 Å². The summed E-state index contributed by atoms with van der Waals surface area (Å²) >= 11 is 0. The lowest BCUT2D eigenvalue weighted by Gasteiger charge is -2.25. The van der Waals surface area contributed by atoms with Crippen LogP contribution in [0.5, 0.6) is 5.75 Å². The van der Waals surface area contributed by atoms with Crippen molar-refractivity contribution in [3.05, 3.63) is 29.8 Å². The van der Waals surface area contributed by atoms with E-state index in [0.717, 1.165) is 38.5 Å². The molecule has 1 unspecified atom stereocenters. The second-order valence-corrected chi connectivity index (χ2v) is 5.74. The third-order valence-electron chi connectivity index (χ3n) is 3.86. The zero-order valence-electron chi connectivity index (χ0n) is 13.3. The zero-order valence-corrected chi connectivity index (χ0v) is 13.3. The number of nitrogens with two attached hydrogens (primary N) is 1. The van der Waals surface area contributed by atoms with Crippen LogP contribution in [0.1, 0.15) is 37.8 Å². The van der Waals surface area contributed by atoms with Crippen LogP contribution in [0.4, 0.5) is 0 Å². The molecule has 1 aliphatic rings. The highest BCUT2D eigenvalue weighted by molar-refractivity contribution is 5.29. The lowest BCUT2D eigenvalue weighted by molar-refractivity contribution is 0.139. The Morgan fingerprint density at radius 1 is 1.24 bits per heavy atom. The predicted molar refractivity (Wildman–Crippen MR) is 85.6 cm³/mol. The maximum atomic E-state index is 6.36. The zero-order chi connectivity index (χ0) is 15.1. The van der Waals surface area contributed by atoms with Crippen LogP contribution in [-0.4, -0.2) is 44.4 Å². The topological polar surface area (TPSA) is 47.7 Å². The highest BCUT2D eigenvalue weighted by Crippen LogP contribution is 2.28. The van der Waals surface area contributed by atoms with Crippen molar-refractivity contribution in [2.75, 3.05) is 33.4 Å². The van der Waals surface area contributed by atoms with Gasteiger partial charge in [-0.15, -0.1) is 0 Å². The Balaban J connectivity index is 1.87. The van der Waals surface area contributed by atoms with Crippen molar-refractivity contribution in [3.8, 4) is 5.75 Å². The Hall–Kier alpha value is -1.10. The summed E-state index contributed by atoms with van der Waals surface area (Å²) in [6.45, 7) is 5.50. The summed E-state index contributed by atoms with van der Waals surface area (Å²) in [4.78, 5) is 2.45. The quantitative estimate of drug-likeness (QED) is 0.720. The number of rotatable bonds is 10. The van der Waals surface area contributed by atoms with Crippen LogP contribution >= 0.6 is 0 Å². The summed E-state index contributed by atoms with van der Waals surface area (Å²) in [6, 6.07) is 8.94. The van der Waals surface area contributed by atoms with Gasteiger partial charge in [0.1, 0.15) is 5.75 Å². The maximum absolute atomic E-state index is 6.36. The van der Waals surface area contributed by atoms with Gasteiger partial charge in [-0.3, -0.25) is 4.90 Å². The molecule has 2 N–H and O–H groups in total. The fraction of sp³-hybridized carbons (Fsp3) is 0.647. The molecular formula is C17H28N2O2. The van der Waals surface area contributed by atoms with Gasteiger partial charge in [0.25, 0.3) is 0 Å². The lowest BCUT2D eigenvalue weighted by atomic mass is 10.1. The SMILES string of the molecule is CCCOc1ccc(C(N)CN(CCOC)C2CC2)cc1. The molecule has 0 saturated heterocycles. The summed E-state index contributed by atoms with van der Waals surface area (Å²) in [5, 5.41) is 0. The number of nitrogens with zero attached hydrogens (tertiary/aromatic N) is 1. The van der Waals surface area contributed by atoms with Gasteiger partial charge >= 0.3 is 0 Å². The number of ether oxygens (including phenoxy) is 2. The Morgan fingerprint density at radius 3 is 2.52 bits per heavy atom. The van der Waals surface area contributed by atoms with Crippen LogP contribution in [0.15, 0.2) is 24.3 Å². The number of methoxy groups -OCH3 is 1. The highest BCUT2D eigenvalue weighted by atomic mass is 16.5. The summed E-state index contributed by atoms with van der Waals surface area (Å²) in [7, 11) is 1.75. The van der Waals surface area contributed by atoms with Crippen molar-refractivity contribution >= 4 is 0 Å². The first kappa shape index (κ1) is 16.3. The van der Waals surface area contributed by atoms with E-state index < -0.39 is 0 Å². The standard InChI is InChI=1S/C17H28N2O2/c1-3-11-21-16-8-4-14(5-9-16)17(18)13-19(10-12-20-2)15-6-7-15/h4-5,8-9,15,17H,3,6-7,10-13,18H2,1-2H3. The van der Waals surface area contributed by atoms with E-state index in [9.17, 15) is 0 Å². The van der Waals surface area contributed by atoms with Crippen molar-refractivity contribution in [1.82, 2.24) is 4.90 Å². The predicted octanol–water partition coefficient (Wildman–Crippen LogP) is 2.59. The molecular weight excluding hydrogens is 264 g/mol. The minimum atomic E-state index is 0.0441. The molecule has 0 radical (unpaired) electrons. The van der Waals surface area contributed by atoms with E-state index in [-0.39, 0.29) is 6.04 Å². The van der Waals surface area contributed by atoms with Gasteiger partial charge in [0, 0.05) is 32.3 Å². The maximum Gasteiger partial charge on any atom is 0.119 e. The lowest BCUT2D eigenvalue weighted by Crippen LogP contribution is -2.36. The molecule has 2 rings (SSSR count). The summed E-state index contributed by atoms with van der Waals surface area (Å²) < 4.78 is 10.8. The molecule has 0 aliphatic heterocycles. The van der Waals surface area contributed by atoms with Crippen LogP contribution in [-0.2, 0) is 4.74 Å². The minimum absolute atomic E-state index is 0.0441. The molecule has 1 atom stereocenters. The van der Waals surface area contributed by atoms with Crippen LogP contribution in [0, 0.1) is 0 Å². The first-order chi connectivity index (χ1) is 10.2. The average molecular weight is 292 g/mol. The van der Waals surface area contributed by atoms with Crippen LogP contribution in [0.25, 0.3) is 0 Å². The van der Waals surface area contributed by atoms with Crippen LogP contribution in [0.3, 0.4) is 0 Å². The molecule has 4 heteroatoms. The van der Waals surface area contributed by atoms with E-state index in [1.54, 1.807) is 7.11 Å². The van der Waals surface area contributed by atoms with Gasteiger partial charge in [-0.1, -0.05) is 19.1 Å². The van der Waals surface area contributed by atoms with E-state index in [2.05, 4.69) is 24.0 Å². The van der Waals surface area contributed by atoms with Crippen molar-refractivity contribution in [1.29, 1.82) is 0 Å². The molecule has 1 aromatic rings. The van der Waals surface area contributed by atoms with E-state index in [4.69, 9.17) is 15.2 Å². The number of benzene rings is 1. The molecule has 118 valence electrons. The number of hydrogen-bond donors (Lipinski definition) is 1. The van der Waals surface area contributed by atoms with Crippen molar-refractivity contribution in [2.45, 2.75) is 38.3 Å². The summed E-state index contributed by atoms with van der Waals surface area (Å²) in [5.74, 6) is 0.922. The summed E-state index contributed by atoms with van der Waals surface area (Å²) in [5.41, 5.74) is 7.53. The van der Waals surface area contributed by atoms with Gasteiger partial charge in [0.05, 0.1) is 13.2 Å². The molecule has 1 aliphatic carbocycles. The monoisotopic (exact) mass is 292 g/mol. The minimum Gasteiger partial charge on any atom is -0.494 e. The summed E-state index contributed by atoms with van der Waals surface area (Å²) in [6.07, 6.45) is 3.61. The molecule has 0 amide bonds. The Bertz CT molecular complexity index is 404. The molecule has 4 nitrogen and oxygen atoms in total. The average Bonchev–Trinajstić information content (AvgIpc) is 3.34. The molecule has 0 aromatic heterocycles. The molecule has 21 heavy (non-hydrogen) atoms. The first-order valence-corrected chi connectivity index (χ1v) is 7.96. The van der Waals surface area contributed by atoms with E-state index >= 15 is 0 Å². The van der Waals surface area contributed by atoms with Crippen LogP contribution < -0.4 is 10.5 Å². The van der Waals surface area contributed by atoms with Crippen molar-refractivity contribution < 1.29 is 9.47 Å². The van der Waals surface area contributed by atoms with E-state index in [1.165, 1.54) is 18.4 Å². The third-order valence-corrected chi connectivity index (χ3v) is 3.86. The van der Waals surface area contributed by atoms with E-state index in [0.29, 0.717) is 6.04 Å². The van der Waals surface area contributed by atoms with Crippen molar-refractivity contribution in [3.63, 3.8) is 0 Å². The second kappa shape index (κ2) is 8.37. The van der Waals surface area contributed by atoms with Gasteiger partial charge < -0.3 is 15.2 Å². The normalized spacial score (nSPS) is 16.2. The van der Waals surface area contributed by atoms with Gasteiger partial charge in [0.15, 0.2) is 0 Å². The highest BCUT2D eigenvalue weighted by Gasteiger charge is 2.29. The van der Waals surface area contributed by atoms with E-state index in [1.807, 2.05) is 12.1 Å². The number of hydrogen-bond acceptors (Lipinski definition) is 4. The fourth-order valence-electron chi connectivity index (χ4n) is 2.46. The first-order valence-electron chi connectivity index (χ1n) is 7.96. The van der Waals surface area contributed by atoms with Gasteiger partial charge in [-0.25, -0.2) is 0 Å². The third kappa shape index (κ3) is 5.30. The molecule has 0 spiro atoms. The molecule has 1 fully saturated rings. The molecule has 1 saturated carbocycles. The fourth-order valence-corrected chi connectivity index (χ4v) is 2.46. The van der Waals surface area contributed by atoms with Crippen molar-refractivity contribution in [2.24, 2.45) is 5.73 Å². The smallest absolute Gasteiger partial charge is 0.119 e. The Morgan fingerprint density at radius 2 is 1.95 bits per heavy atom. The van der Waals surface area contributed by atoms with Gasteiger partial charge in [-0.05, 0) is 37.0 Å². The largest absolute Gasteiger partial charge is 0.494 e.